The Morgan fingerprint density at radius 2 is 2.19 bits per heavy atom. The van der Waals surface area contributed by atoms with Crippen molar-refractivity contribution in [3.05, 3.63) is 51.5 Å². The largest absolute Gasteiger partial charge is 0.269 e. The SMILES string of the molecule is O=c1cc(CSc2ncnc3sccc23)nc2sccn12. The molecular formula is C13H8N4OS3. The first-order valence-corrected chi connectivity index (χ1v) is 8.82. The van der Waals surface area contributed by atoms with E-state index in [1.54, 1.807) is 46.1 Å². The fraction of sp³-hybridized carbons (Fsp3) is 0.0769. The number of aromatic nitrogens is 4. The van der Waals surface area contributed by atoms with Crippen molar-refractivity contribution in [1.29, 1.82) is 0 Å². The first-order valence-electron chi connectivity index (χ1n) is 6.08. The summed E-state index contributed by atoms with van der Waals surface area (Å²) in [5.74, 6) is 0.617. The molecule has 0 unspecified atom stereocenters. The molecule has 0 saturated heterocycles. The molecule has 0 amide bonds. The predicted octanol–water partition coefficient (Wildman–Crippen LogP) is 3.05. The molecule has 0 aliphatic heterocycles. The quantitative estimate of drug-likeness (QED) is 0.426. The van der Waals surface area contributed by atoms with Gasteiger partial charge in [0.1, 0.15) is 16.2 Å². The van der Waals surface area contributed by atoms with Crippen LogP contribution in [0, 0.1) is 0 Å². The van der Waals surface area contributed by atoms with Crippen molar-refractivity contribution < 1.29 is 0 Å². The maximum Gasteiger partial charge on any atom is 0.258 e. The Bertz CT molecular complexity index is 988. The minimum atomic E-state index is -0.0415. The van der Waals surface area contributed by atoms with E-state index < -0.39 is 0 Å². The second-order valence-electron chi connectivity index (χ2n) is 4.25. The van der Waals surface area contributed by atoms with Crippen LogP contribution in [-0.2, 0) is 5.75 Å². The maximum absolute atomic E-state index is 11.9. The van der Waals surface area contributed by atoms with Crippen LogP contribution in [0.25, 0.3) is 15.2 Å². The monoisotopic (exact) mass is 332 g/mol. The van der Waals surface area contributed by atoms with E-state index in [4.69, 9.17) is 0 Å². The van der Waals surface area contributed by atoms with Crippen LogP contribution in [-0.4, -0.2) is 19.4 Å². The lowest BCUT2D eigenvalue weighted by atomic mass is 10.4. The number of thioether (sulfide) groups is 1. The second-order valence-corrected chi connectivity index (χ2v) is 6.98. The van der Waals surface area contributed by atoms with Crippen LogP contribution in [0.4, 0.5) is 0 Å². The van der Waals surface area contributed by atoms with E-state index in [1.807, 2.05) is 16.8 Å². The van der Waals surface area contributed by atoms with Crippen molar-refractivity contribution >= 4 is 49.6 Å². The van der Waals surface area contributed by atoms with Gasteiger partial charge in [0.2, 0.25) is 0 Å². The van der Waals surface area contributed by atoms with Crippen LogP contribution in [0.2, 0.25) is 0 Å². The zero-order valence-electron chi connectivity index (χ0n) is 10.6. The normalized spacial score (nSPS) is 11.4. The van der Waals surface area contributed by atoms with Crippen LogP contribution in [0.15, 0.2) is 45.2 Å². The summed E-state index contributed by atoms with van der Waals surface area (Å²) in [5, 5.41) is 5.85. The Hall–Kier alpha value is -1.77. The van der Waals surface area contributed by atoms with Gasteiger partial charge < -0.3 is 0 Å². The highest BCUT2D eigenvalue weighted by Crippen LogP contribution is 2.29. The summed E-state index contributed by atoms with van der Waals surface area (Å²) in [6.07, 6.45) is 3.32. The van der Waals surface area contributed by atoms with Gasteiger partial charge in [0.25, 0.3) is 5.56 Å². The van der Waals surface area contributed by atoms with E-state index in [2.05, 4.69) is 15.0 Å². The number of hydrogen-bond donors (Lipinski definition) is 0. The summed E-state index contributed by atoms with van der Waals surface area (Å²) in [4.78, 5) is 26.7. The molecule has 4 aromatic rings. The first kappa shape index (κ1) is 12.9. The summed E-state index contributed by atoms with van der Waals surface area (Å²) in [7, 11) is 0. The maximum atomic E-state index is 11.9. The molecule has 0 N–H and O–H groups in total. The predicted molar refractivity (Wildman–Crippen MR) is 86.3 cm³/mol. The Morgan fingerprint density at radius 3 is 3.14 bits per heavy atom. The number of nitrogens with zero attached hydrogens (tertiary/aromatic N) is 4. The van der Waals surface area contributed by atoms with Gasteiger partial charge in [-0.1, -0.05) is 11.8 Å². The standard InChI is InChI=1S/C13H8N4OS3/c18-10-5-8(16-13-17(10)2-4-20-13)6-21-12-9-1-3-19-11(9)14-7-15-12/h1-5,7H,6H2. The van der Waals surface area contributed by atoms with Gasteiger partial charge in [0.05, 0.1) is 5.69 Å². The lowest BCUT2D eigenvalue weighted by Gasteiger charge is -2.02. The molecule has 8 heteroatoms. The molecule has 0 aliphatic carbocycles. The first-order chi connectivity index (χ1) is 10.3. The summed E-state index contributed by atoms with van der Waals surface area (Å²) in [6, 6.07) is 3.60. The van der Waals surface area contributed by atoms with Gasteiger partial charge in [-0.25, -0.2) is 15.0 Å². The topological polar surface area (TPSA) is 60.2 Å². The molecule has 0 bridgehead atoms. The highest BCUT2D eigenvalue weighted by atomic mass is 32.2. The van der Waals surface area contributed by atoms with Crippen molar-refractivity contribution in [3.63, 3.8) is 0 Å². The van der Waals surface area contributed by atoms with Crippen molar-refractivity contribution in [2.45, 2.75) is 10.8 Å². The van der Waals surface area contributed by atoms with Gasteiger partial charge in [-0.15, -0.1) is 22.7 Å². The minimum Gasteiger partial charge on any atom is -0.269 e. The molecule has 0 aliphatic rings. The minimum absolute atomic E-state index is 0.0415. The molecule has 0 radical (unpaired) electrons. The van der Waals surface area contributed by atoms with E-state index in [0.717, 1.165) is 25.9 Å². The lowest BCUT2D eigenvalue weighted by molar-refractivity contribution is 1.04. The fourth-order valence-corrected chi connectivity index (χ4v) is 4.40. The van der Waals surface area contributed by atoms with Gasteiger partial charge in [0, 0.05) is 28.8 Å². The fourth-order valence-electron chi connectivity index (χ4n) is 1.99. The van der Waals surface area contributed by atoms with E-state index in [-0.39, 0.29) is 5.56 Å². The van der Waals surface area contributed by atoms with Gasteiger partial charge in [-0.3, -0.25) is 9.20 Å². The lowest BCUT2D eigenvalue weighted by Crippen LogP contribution is -2.12. The molecule has 4 heterocycles. The van der Waals surface area contributed by atoms with Crippen molar-refractivity contribution in [1.82, 2.24) is 19.4 Å². The van der Waals surface area contributed by atoms with Crippen LogP contribution >= 0.6 is 34.4 Å². The van der Waals surface area contributed by atoms with Crippen molar-refractivity contribution in [3.8, 4) is 0 Å². The van der Waals surface area contributed by atoms with Crippen molar-refractivity contribution in [2.24, 2.45) is 0 Å². The zero-order valence-corrected chi connectivity index (χ0v) is 13.0. The molecule has 21 heavy (non-hydrogen) atoms. The highest BCUT2D eigenvalue weighted by molar-refractivity contribution is 7.98. The molecule has 5 nitrogen and oxygen atoms in total. The van der Waals surface area contributed by atoms with E-state index in [1.165, 1.54) is 11.3 Å². The van der Waals surface area contributed by atoms with E-state index in [9.17, 15) is 4.79 Å². The third-order valence-electron chi connectivity index (χ3n) is 2.94. The van der Waals surface area contributed by atoms with Gasteiger partial charge in [-0.2, -0.15) is 0 Å². The summed E-state index contributed by atoms with van der Waals surface area (Å²) in [6.45, 7) is 0. The average molecular weight is 332 g/mol. The molecule has 0 spiro atoms. The number of rotatable bonds is 3. The Balaban J connectivity index is 1.66. The zero-order chi connectivity index (χ0) is 14.2. The Kier molecular flexibility index (Phi) is 3.21. The average Bonchev–Trinajstić information content (AvgIpc) is 3.13. The van der Waals surface area contributed by atoms with Crippen LogP contribution in [0.5, 0.6) is 0 Å². The smallest absolute Gasteiger partial charge is 0.258 e. The third kappa shape index (κ3) is 2.35. The molecule has 4 aromatic heterocycles. The number of thiophene rings is 1. The molecule has 0 fully saturated rings. The number of fused-ring (bicyclic) bond motifs is 2. The molecular weight excluding hydrogens is 324 g/mol. The van der Waals surface area contributed by atoms with Crippen LogP contribution in [0.1, 0.15) is 5.69 Å². The van der Waals surface area contributed by atoms with Crippen molar-refractivity contribution in [2.75, 3.05) is 0 Å². The Morgan fingerprint density at radius 1 is 1.24 bits per heavy atom. The Labute approximate surface area is 131 Å². The molecule has 104 valence electrons. The second kappa shape index (κ2) is 5.21. The molecule has 4 rings (SSSR count). The van der Waals surface area contributed by atoms with Gasteiger partial charge in [0.15, 0.2) is 4.96 Å². The van der Waals surface area contributed by atoms with Crippen LogP contribution < -0.4 is 5.56 Å². The molecule has 0 aromatic carbocycles. The number of thiazole rings is 1. The summed E-state index contributed by atoms with van der Waals surface area (Å²) in [5.41, 5.74) is 0.731. The highest BCUT2D eigenvalue weighted by Gasteiger charge is 2.08. The summed E-state index contributed by atoms with van der Waals surface area (Å²) < 4.78 is 1.56. The summed E-state index contributed by atoms with van der Waals surface area (Å²) >= 11 is 4.63. The van der Waals surface area contributed by atoms with Gasteiger partial charge in [-0.05, 0) is 11.4 Å². The number of hydrogen-bond acceptors (Lipinski definition) is 7. The third-order valence-corrected chi connectivity index (χ3v) is 5.55. The van der Waals surface area contributed by atoms with E-state index in [0.29, 0.717) is 5.75 Å². The molecule has 0 saturated carbocycles. The van der Waals surface area contributed by atoms with E-state index >= 15 is 0 Å². The van der Waals surface area contributed by atoms with Crippen LogP contribution in [0.3, 0.4) is 0 Å². The van der Waals surface area contributed by atoms with Gasteiger partial charge >= 0.3 is 0 Å². The molecule has 0 atom stereocenters.